The van der Waals surface area contributed by atoms with Crippen molar-refractivity contribution >= 4 is 11.6 Å². The third-order valence-electron chi connectivity index (χ3n) is 2.92. The Hall–Kier alpha value is -1.58. The molecule has 0 spiro atoms. The Morgan fingerprint density at radius 2 is 1.90 bits per heavy atom. The number of rotatable bonds is 4. The van der Waals surface area contributed by atoms with Crippen LogP contribution in [0.4, 0.5) is 4.39 Å². The third-order valence-corrected chi connectivity index (χ3v) is 3.16. The number of aryl methyl sites for hydroxylation is 1. The minimum absolute atomic E-state index is 0.0644. The summed E-state index contributed by atoms with van der Waals surface area (Å²) in [4.78, 5) is 0. The topological polar surface area (TPSA) is 35.2 Å². The Kier molecular flexibility index (Phi) is 4.63. The van der Waals surface area contributed by atoms with E-state index in [1.807, 2.05) is 19.9 Å². The molecule has 20 heavy (non-hydrogen) atoms. The maximum Gasteiger partial charge on any atom is 0.130 e. The van der Waals surface area contributed by atoms with Crippen LogP contribution in [-0.4, -0.2) is 6.04 Å². The van der Waals surface area contributed by atoms with Crippen LogP contribution in [0.5, 0.6) is 11.5 Å². The highest BCUT2D eigenvalue weighted by Crippen LogP contribution is 2.30. The summed E-state index contributed by atoms with van der Waals surface area (Å²) in [5.41, 5.74) is 7.47. The predicted molar refractivity (Wildman–Crippen MR) is 80.0 cm³/mol. The first kappa shape index (κ1) is 14.8. The Morgan fingerprint density at radius 3 is 2.55 bits per heavy atom. The number of hydrogen-bond acceptors (Lipinski definition) is 2. The number of halogens is 2. The van der Waals surface area contributed by atoms with Crippen molar-refractivity contribution in [2.45, 2.75) is 26.3 Å². The van der Waals surface area contributed by atoms with Crippen LogP contribution in [0.2, 0.25) is 5.02 Å². The molecule has 0 aromatic heterocycles. The highest BCUT2D eigenvalue weighted by Gasteiger charge is 2.10. The molecule has 2 nitrogen and oxygen atoms in total. The molecule has 2 N–H and O–H groups in total. The third kappa shape index (κ3) is 3.71. The first-order valence-corrected chi connectivity index (χ1v) is 6.81. The van der Waals surface area contributed by atoms with Crippen molar-refractivity contribution in [1.82, 2.24) is 0 Å². The van der Waals surface area contributed by atoms with Crippen molar-refractivity contribution in [3.63, 3.8) is 0 Å². The van der Waals surface area contributed by atoms with Crippen LogP contribution < -0.4 is 10.5 Å². The van der Waals surface area contributed by atoms with E-state index >= 15 is 0 Å². The minimum Gasteiger partial charge on any atom is -0.457 e. The van der Waals surface area contributed by atoms with Gasteiger partial charge in [-0.1, -0.05) is 11.6 Å². The van der Waals surface area contributed by atoms with E-state index in [1.165, 1.54) is 12.1 Å². The molecule has 106 valence electrons. The fourth-order valence-corrected chi connectivity index (χ4v) is 2.23. The zero-order chi connectivity index (χ0) is 14.7. The van der Waals surface area contributed by atoms with E-state index in [2.05, 4.69) is 0 Å². The summed E-state index contributed by atoms with van der Waals surface area (Å²) in [5, 5.41) is 0.657. The second kappa shape index (κ2) is 6.25. The lowest BCUT2D eigenvalue weighted by atomic mass is 10.1. The van der Waals surface area contributed by atoms with Crippen LogP contribution in [0.1, 0.15) is 18.1 Å². The molecule has 0 aliphatic carbocycles. The molecule has 2 rings (SSSR count). The zero-order valence-corrected chi connectivity index (χ0v) is 12.2. The van der Waals surface area contributed by atoms with E-state index in [0.717, 1.165) is 11.1 Å². The molecular formula is C16H17ClFNO. The molecule has 0 radical (unpaired) electrons. The van der Waals surface area contributed by atoms with Gasteiger partial charge in [-0.25, -0.2) is 4.39 Å². The van der Waals surface area contributed by atoms with E-state index in [-0.39, 0.29) is 11.9 Å². The molecule has 0 heterocycles. The SMILES string of the molecule is Cc1cc(Cl)ccc1Oc1ccc(F)cc1CC(C)N. The van der Waals surface area contributed by atoms with Gasteiger partial charge in [0.05, 0.1) is 0 Å². The van der Waals surface area contributed by atoms with Crippen molar-refractivity contribution in [3.8, 4) is 11.5 Å². The van der Waals surface area contributed by atoms with Crippen molar-refractivity contribution < 1.29 is 9.13 Å². The lowest BCUT2D eigenvalue weighted by Gasteiger charge is -2.14. The quantitative estimate of drug-likeness (QED) is 0.902. The standard InChI is InChI=1S/C16H17ClFNO/c1-10-7-13(17)3-5-15(10)20-16-6-4-14(18)9-12(16)8-11(2)19/h3-7,9,11H,8,19H2,1-2H3. The van der Waals surface area contributed by atoms with Gasteiger partial charge in [-0.3, -0.25) is 0 Å². The van der Waals surface area contributed by atoms with Gasteiger partial charge in [-0.15, -0.1) is 0 Å². The molecule has 4 heteroatoms. The Bertz CT molecular complexity index is 613. The van der Waals surface area contributed by atoms with E-state index in [9.17, 15) is 4.39 Å². The predicted octanol–water partition coefficient (Wildman–Crippen LogP) is 4.47. The second-order valence-electron chi connectivity index (χ2n) is 4.95. The van der Waals surface area contributed by atoms with Gasteiger partial charge in [0.25, 0.3) is 0 Å². The number of hydrogen-bond donors (Lipinski definition) is 1. The molecule has 2 aromatic carbocycles. The van der Waals surface area contributed by atoms with Crippen LogP contribution in [0.3, 0.4) is 0 Å². The normalized spacial score (nSPS) is 12.2. The maximum atomic E-state index is 13.4. The summed E-state index contributed by atoms with van der Waals surface area (Å²) in [7, 11) is 0. The molecule has 0 saturated carbocycles. The number of nitrogens with two attached hydrogens (primary N) is 1. The molecule has 0 fully saturated rings. The molecule has 1 unspecified atom stereocenters. The zero-order valence-electron chi connectivity index (χ0n) is 11.5. The lowest BCUT2D eigenvalue weighted by Crippen LogP contribution is -2.18. The van der Waals surface area contributed by atoms with Crippen molar-refractivity contribution in [2.24, 2.45) is 5.73 Å². The first-order valence-electron chi connectivity index (χ1n) is 6.43. The molecule has 0 saturated heterocycles. The van der Waals surface area contributed by atoms with E-state index in [0.29, 0.717) is 22.9 Å². The van der Waals surface area contributed by atoms with Gasteiger partial charge in [-0.05, 0) is 67.8 Å². The van der Waals surface area contributed by atoms with Gasteiger partial charge in [0, 0.05) is 11.1 Å². The van der Waals surface area contributed by atoms with Crippen LogP contribution in [0, 0.1) is 12.7 Å². The van der Waals surface area contributed by atoms with Gasteiger partial charge in [0.2, 0.25) is 0 Å². The Balaban J connectivity index is 2.32. The highest BCUT2D eigenvalue weighted by atomic mass is 35.5. The summed E-state index contributed by atoms with van der Waals surface area (Å²) in [6, 6.07) is 9.79. The molecular weight excluding hydrogens is 277 g/mol. The summed E-state index contributed by atoms with van der Waals surface area (Å²) in [5.74, 6) is 1.03. The number of benzene rings is 2. The van der Waals surface area contributed by atoms with E-state index in [1.54, 1.807) is 18.2 Å². The molecule has 0 aliphatic rings. The van der Waals surface area contributed by atoms with E-state index in [4.69, 9.17) is 22.1 Å². The fraction of sp³-hybridized carbons (Fsp3) is 0.250. The first-order chi connectivity index (χ1) is 9.45. The molecule has 0 amide bonds. The van der Waals surface area contributed by atoms with Crippen molar-refractivity contribution in [1.29, 1.82) is 0 Å². The molecule has 0 bridgehead atoms. The fourth-order valence-electron chi connectivity index (χ4n) is 2.00. The van der Waals surface area contributed by atoms with Gasteiger partial charge >= 0.3 is 0 Å². The summed E-state index contributed by atoms with van der Waals surface area (Å²) >= 11 is 5.92. The van der Waals surface area contributed by atoms with Gasteiger partial charge in [0.1, 0.15) is 17.3 Å². The van der Waals surface area contributed by atoms with Crippen molar-refractivity contribution in [3.05, 3.63) is 58.4 Å². The largest absolute Gasteiger partial charge is 0.457 e. The monoisotopic (exact) mass is 293 g/mol. The lowest BCUT2D eigenvalue weighted by molar-refractivity contribution is 0.467. The second-order valence-corrected chi connectivity index (χ2v) is 5.38. The highest BCUT2D eigenvalue weighted by molar-refractivity contribution is 6.30. The van der Waals surface area contributed by atoms with Gasteiger partial charge in [-0.2, -0.15) is 0 Å². The van der Waals surface area contributed by atoms with Gasteiger partial charge in [0.15, 0.2) is 0 Å². The van der Waals surface area contributed by atoms with Crippen LogP contribution in [-0.2, 0) is 6.42 Å². The molecule has 0 aliphatic heterocycles. The average molecular weight is 294 g/mol. The maximum absolute atomic E-state index is 13.4. The Labute approximate surface area is 123 Å². The van der Waals surface area contributed by atoms with Gasteiger partial charge < -0.3 is 10.5 Å². The van der Waals surface area contributed by atoms with Crippen LogP contribution >= 0.6 is 11.6 Å². The summed E-state index contributed by atoms with van der Waals surface area (Å²) in [6.45, 7) is 3.79. The smallest absolute Gasteiger partial charge is 0.130 e. The molecule has 1 atom stereocenters. The summed E-state index contributed by atoms with van der Waals surface area (Å²) < 4.78 is 19.2. The van der Waals surface area contributed by atoms with E-state index < -0.39 is 0 Å². The molecule has 2 aromatic rings. The average Bonchev–Trinajstić information content (AvgIpc) is 2.34. The Morgan fingerprint density at radius 1 is 1.20 bits per heavy atom. The van der Waals surface area contributed by atoms with Crippen LogP contribution in [0.15, 0.2) is 36.4 Å². The van der Waals surface area contributed by atoms with Crippen LogP contribution in [0.25, 0.3) is 0 Å². The van der Waals surface area contributed by atoms with Crippen molar-refractivity contribution in [2.75, 3.05) is 0 Å². The summed E-state index contributed by atoms with van der Waals surface area (Å²) in [6.07, 6.45) is 0.555. The minimum atomic E-state index is -0.291. The number of ether oxygens (including phenoxy) is 1.